The van der Waals surface area contributed by atoms with Crippen molar-refractivity contribution in [3.05, 3.63) is 5.21 Å². The van der Waals surface area contributed by atoms with Crippen LogP contribution in [0.1, 0.15) is 27.7 Å². The molecule has 0 aromatic rings. The van der Waals surface area contributed by atoms with Crippen LogP contribution in [0.4, 0.5) is 0 Å². The molecule has 0 aromatic carbocycles. The van der Waals surface area contributed by atoms with Crippen molar-refractivity contribution in [2.75, 3.05) is 6.54 Å². The molecule has 6 heteroatoms. The van der Waals surface area contributed by atoms with E-state index in [1.54, 1.807) is 13.8 Å². The van der Waals surface area contributed by atoms with E-state index in [0.717, 1.165) is 0 Å². The molecular formula is C7H14ClNO3S. The van der Waals surface area contributed by atoms with Crippen LogP contribution in [-0.2, 0) is 9.24 Å². The molecule has 1 atom stereocenters. The Bertz CT molecular complexity index is 336. The van der Waals surface area contributed by atoms with Gasteiger partial charge in [0.2, 0.25) is 0 Å². The predicted octanol–water partition coefficient (Wildman–Crippen LogP) is 1.60. The van der Waals surface area contributed by atoms with Crippen molar-refractivity contribution in [3.8, 4) is 0 Å². The fourth-order valence-electron chi connectivity index (χ4n) is 1.63. The summed E-state index contributed by atoms with van der Waals surface area (Å²) in [4.78, 5) is 0. The van der Waals surface area contributed by atoms with E-state index < -0.39 is 18.8 Å². The predicted molar refractivity (Wildman–Crippen MR) is 51.1 cm³/mol. The highest BCUT2D eigenvalue weighted by atomic mass is 35.7. The number of halogens is 1. The summed E-state index contributed by atoms with van der Waals surface area (Å²) in [5.41, 5.74) is -1.18. The molecule has 1 saturated heterocycles. The highest BCUT2D eigenvalue weighted by molar-refractivity contribution is 8.09. The maximum atomic E-state index is 11.9. The highest BCUT2D eigenvalue weighted by Gasteiger charge is 2.67. The molecule has 0 radical (unpaired) electrons. The fraction of sp³-hybridized carbons (Fsp3) is 1.00. The first-order chi connectivity index (χ1) is 5.46. The van der Waals surface area contributed by atoms with Crippen LogP contribution in [0.15, 0.2) is 0 Å². The van der Waals surface area contributed by atoms with Gasteiger partial charge in [0.1, 0.15) is 12.1 Å². The normalized spacial score (nSPS) is 36.8. The van der Waals surface area contributed by atoms with E-state index >= 15 is 0 Å². The Morgan fingerprint density at radius 3 is 1.77 bits per heavy atom. The van der Waals surface area contributed by atoms with Gasteiger partial charge in [0.15, 0.2) is 0 Å². The van der Waals surface area contributed by atoms with E-state index in [4.69, 9.17) is 10.7 Å². The zero-order valence-corrected chi connectivity index (χ0v) is 9.74. The Morgan fingerprint density at radius 1 is 1.31 bits per heavy atom. The van der Waals surface area contributed by atoms with Gasteiger partial charge >= 0.3 is 9.24 Å². The van der Waals surface area contributed by atoms with Crippen LogP contribution in [0.25, 0.3) is 0 Å². The average Bonchev–Trinajstić information content (AvgIpc) is 1.83. The number of hydroxylamine groups is 2. The average molecular weight is 228 g/mol. The van der Waals surface area contributed by atoms with Crippen molar-refractivity contribution in [1.29, 1.82) is 0 Å². The van der Waals surface area contributed by atoms with E-state index in [1.165, 1.54) is 0 Å². The van der Waals surface area contributed by atoms with Crippen LogP contribution in [0.3, 0.4) is 0 Å². The Hall–Kier alpha value is 0.160. The molecule has 0 aromatic heterocycles. The molecule has 0 amide bonds. The molecule has 0 saturated carbocycles. The minimum absolute atomic E-state index is 0.0197. The molecule has 0 aliphatic carbocycles. The topological polar surface area (TPSA) is 57.2 Å². The Labute approximate surface area is 83.2 Å². The number of rotatable bonds is 1. The zero-order chi connectivity index (χ0) is 10.7. The summed E-state index contributed by atoms with van der Waals surface area (Å²) in [7, 11) is 1.03. The molecule has 1 fully saturated rings. The van der Waals surface area contributed by atoms with Gasteiger partial charge in [-0.15, -0.1) is 0 Å². The number of hydrogen-bond acceptors (Lipinski definition) is 3. The minimum Gasteiger partial charge on any atom is -0.615 e. The molecule has 0 bridgehead atoms. The van der Waals surface area contributed by atoms with Gasteiger partial charge in [0.05, 0.1) is 16.1 Å². The minimum atomic E-state index is -4.09. The lowest BCUT2D eigenvalue weighted by molar-refractivity contribution is -0.885. The first kappa shape index (κ1) is 11.2. The maximum Gasteiger partial charge on any atom is 0.388 e. The quantitative estimate of drug-likeness (QED) is 0.389. The van der Waals surface area contributed by atoms with Crippen LogP contribution < -0.4 is 0 Å². The van der Waals surface area contributed by atoms with Gasteiger partial charge in [-0.05, 0) is 27.7 Å². The molecule has 78 valence electrons. The SMILES string of the molecule is CC1(C)C[N+]([O-])(S(=O)(=O)Cl)C1(C)C. The maximum absolute atomic E-state index is 11.9. The second-order valence-corrected chi connectivity index (χ2v) is 7.27. The number of nitrogens with zero attached hydrogens (tertiary/aromatic N) is 1. The third-order valence-corrected chi connectivity index (χ3v) is 5.42. The Morgan fingerprint density at radius 2 is 1.69 bits per heavy atom. The van der Waals surface area contributed by atoms with E-state index in [0.29, 0.717) is 0 Å². The summed E-state index contributed by atoms with van der Waals surface area (Å²) in [5.74, 6) is 0. The second kappa shape index (κ2) is 2.39. The molecule has 1 rings (SSSR count). The zero-order valence-electron chi connectivity index (χ0n) is 8.17. The van der Waals surface area contributed by atoms with Gasteiger partial charge in [0.25, 0.3) is 0 Å². The third kappa shape index (κ3) is 1.14. The van der Waals surface area contributed by atoms with Crippen molar-refractivity contribution in [2.24, 2.45) is 5.41 Å². The third-order valence-electron chi connectivity index (χ3n) is 3.46. The molecule has 13 heavy (non-hydrogen) atoms. The van der Waals surface area contributed by atoms with Gasteiger partial charge in [0, 0.05) is 0 Å². The lowest BCUT2D eigenvalue weighted by Gasteiger charge is -2.66. The lowest BCUT2D eigenvalue weighted by atomic mass is 9.67. The number of quaternary nitrogens is 1. The summed E-state index contributed by atoms with van der Waals surface area (Å²) in [6, 6.07) is 0. The van der Waals surface area contributed by atoms with Crippen molar-refractivity contribution >= 4 is 19.9 Å². The first-order valence-electron chi connectivity index (χ1n) is 4.00. The largest absolute Gasteiger partial charge is 0.615 e. The molecule has 1 aliphatic heterocycles. The summed E-state index contributed by atoms with van der Waals surface area (Å²) < 4.78 is 20.8. The highest BCUT2D eigenvalue weighted by Crippen LogP contribution is 2.54. The van der Waals surface area contributed by atoms with Gasteiger partial charge in [-0.1, -0.05) is 0 Å². The van der Waals surface area contributed by atoms with Crippen molar-refractivity contribution in [2.45, 2.75) is 33.2 Å². The van der Waals surface area contributed by atoms with E-state index in [1.807, 2.05) is 13.8 Å². The summed E-state index contributed by atoms with van der Waals surface area (Å²) >= 11 is 0. The van der Waals surface area contributed by atoms with Gasteiger partial charge in [-0.3, -0.25) is 0 Å². The van der Waals surface area contributed by atoms with Crippen LogP contribution in [0, 0.1) is 10.6 Å². The van der Waals surface area contributed by atoms with Crippen molar-refractivity contribution < 1.29 is 12.5 Å². The fourth-order valence-corrected chi connectivity index (χ4v) is 3.56. The van der Waals surface area contributed by atoms with Crippen LogP contribution >= 0.6 is 10.7 Å². The number of hydrogen-bond donors (Lipinski definition) is 0. The van der Waals surface area contributed by atoms with E-state index in [9.17, 15) is 13.6 Å². The second-order valence-electron chi connectivity index (χ2n) is 4.69. The summed E-state index contributed by atoms with van der Waals surface area (Å²) in [6.45, 7) is 7.01. The molecule has 4 nitrogen and oxygen atoms in total. The molecule has 0 spiro atoms. The van der Waals surface area contributed by atoms with Gasteiger partial charge < -0.3 is 5.21 Å². The Kier molecular flexibility index (Phi) is 2.07. The van der Waals surface area contributed by atoms with Crippen LogP contribution in [0.5, 0.6) is 0 Å². The summed E-state index contributed by atoms with van der Waals surface area (Å²) in [6.07, 6.45) is 0. The van der Waals surface area contributed by atoms with Gasteiger partial charge in [-0.25, -0.2) is 4.05 Å². The molecule has 0 N–H and O–H groups in total. The van der Waals surface area contributed by atoms with Crippen molar-refractivity contribution in [1.82, 2.24) is 0 Å². The smallest absolute Gasteiger partial charge is 0.388 e. The van der Waals surface area contributed by atoms with Crippen molar-refractivity contribution in [3.63, 3.8) is 0 Å². The Balaban J connectivity index is 3.17. The molecule has 1 aliphatic rings. The first-order valence-corrected chi connectivity index (χ1v) is 6.26. The molecule has 1 unspecified atom stereocenters. The standard InChI is InChI=1S/C7H14ClNO3S/c1-6(2)5-9(10,7(6,3)4)13(8,11)12/h5H2,1-4H3. The molecular weight excluding hydrogens is 214 g/mol. The van der Waals surface area contributed by atoms with Crippen LogP contribution in [-0.4, -0.2) is 24.6 Å². The van der Waals surface area contributed by atoms with E-state index in [2.05, 4.69) is 0 Å². The van der Waals surface area contributed by atoms with E-state index in [-0.39, 0.29) is 12.0 Å². The summed E-state index contributed by atoms with van der Waals surface area (Å²) in [5, 5.41) is 11.9. The molecule has 1 heterocycles. The lowest BCUT2D eigenvalue weighted by Crippen LogP contribution is -2.79. The van der Waals surface area contributed by atoms with Gasteiger partial charge in [-0.2, -0.15) is 8.42 Å². The van der Waals surface area contributed by atoms with Crippen LogP contribution in [0.2, 0.25) is 0 Å². The monoisotopic (exact) mass is 227 g/mol.